The number of rotatable bonds is 5. The van der Waals surface area contributed by atoms with Crippen molar-refractivity contribution >= 4 is 11.8 Å². The minimum Gasteiger partial charge on any atom is -0.479 e. The summed E-state index contributed by atoms with van der Waals surface area (Å²) in [4.78, 5) is 20.7. The van der Waals surface area contributed by atoms with Gasteiger partial charge in [-0.25, -0.2) is 4.79 Å². The first kappa shape index (κ1) is 13.0. The average molecular weight is 208 g/mol. The zero-order valence-electron chi connectivity index (χ0n) is 7.36. The van der Waals surface area contributed by atoms with Gasteiger partial charge >= 0.3 is 5.97 Å². The molecule has 5 N–H and O–H groups in total. The molecule has 0 aliphatic rings. The fourth-order valence-electron chi connectivity index (χ4n) is 0.760. The molecule has 0 aromatic heterocycles. The van der Waals surface area contributed by atoms with E-state index in [0.717, 1.165) is 6.92 Å². The Hall–Kier alpha value is -1.02. The molecule has 0 saturated heterocycles. The van der Waals surface area contributed by atoms with Crippen LogP contribution in [0.15, 0.2) is 0 Å². The summed E-state index contributed by atoms with van der Waals surface area (Å²) in [5.41, 5.74) is 0. The molecule has 0 rings (SSSR count). The van der Waals surface area contributed by atoms with E-state index in [9.17, 15) is 9.59 Å². The number of carboxylic acid groups (broad SMARTS) is 1. The maximum atomic E-state index is 10.5. The molecule has 82 valence electrons. The van der Waals surface area contributed by atoms with E-state index in [1.54, 1.807) is 0 Å². The highest BCUT2D eigenvalue weighted by Crippen LogP contribution is 2.06. The lowest BCUT2D eigenvalue weighted by molar-refractivity contribution is -0.165. The van der Waals surface area contributed by atoms with Crippen LogP contribution in [-0.2, 0) is 9.59 Å². The second kappa shape index (κ2) is 5.01. The Bertz CT molecular complexity index is 202. The van der Waals surface area contributed by atoms with E-state index in [-0.39, 0.29) is 0 Å². The molecule has 0 aliphatic carbocycles. The van der Waals surface area contributed by atoms with Gasteiger partial charge in [-0.15, -0.1) is 0 Å². The molecule has 0 aromatic carbocycles. The van der Waals surface area contributed by atoms with Gasteiger partial charge in [0.05, 0.1) is 0 Å². The third-order valence-electron chi connectivity index (χ3n) is 1.67. The molecule has 0 radical (unpaired) electrons. The number of aliphatic hydroxyl groups is 4. The van der Waals surface area contributed by atoms with Crippen LogP contribution in [0.5, 0.6) is 0 Å². The summed E-state index contributed by atoms with van der Waals surface area (Å²) >= 11 is 0. The molecule has 0 heterocycles. The third-order valence-corrected chi connectivity index (χ3v) is 1.67. The van der Waals surface area contributed by atoms with Crippen molar-refractivity contribution in [3.05, 3.63) is 0 Å². The lowest BCUT2D eigenvalue weighted by atomic mass is 10.0. The van der Waals surface area contributed by atoms with Gasteiger partial charge < -0.3 is 25.5 Å². The second-order valence-corrected chi connectivity index (χ2v) is 2.82. The van der Waals surface area contributed by atoms with E-state index < -0.39 is 36.2 Å². The fourth-order valence-corrected chi connectivity index (χ4v) is 0.760. The topological polar surface area (TPSA) is 135 Å². The number of carbonyl (C=O) groups excluding carboxylic acids is 1. The van der Waals surface area contributed by atoms with Crippen LogP contribution in [0, 0.1) is 0 Å². The fraction of sp³-hybridized carbons (Fsp3) is 0.714. The van der Waals surface area contributed by atoms with Crippen molar-refractivity contribution < 1.29 is 35.1 Å². The molecule has 7 nitrogen and oxygen atoms in total. The number of hydrogen-bond donors (Lipinski definition) is 5. The molecule has 0 aliphatic heterocycles. The van der Waals surface area contributed by atoms with Crippen molar-refractivity contribution in [1.29, 1.82) is 0 Å². The second-order valence-electron chi connectivity index (χ2n) is 2.82. The smallest absolute Gasteiger partial charge is 0.335 e. The summed E-state index contributed by atoms with van der Waals surface area (Å²) in [6.45, 7) is 0.952. The van der Waals surface area contributed by atoms with Gasteiger partial charge in [-0.05, 0) is 6.92 Å². The summed E-state index contributed by atoms with van der Waals surface area (Å²) in [6.07, 6.45) is -8.32. The molecule has 0 bridgehead atoms. The Morgan fingerprint density at radius 2 is 1.29 bits per heavy atom. The molecule has 0 spiro atoms. The van der Waals surface area contributed by atoms with Crippen LogP contribution in [0.25, 0.3) is 0 Å². The number of ketones is 1. The normalized spacial score (nSPS) is 19.5. The van der Waals surface area contributed by atoms with Gasteiger partial charge in [0.25, 0.3) is 0 Å². The molecular weight excluding hydrogens is 196 g/mol. The molecule has 4 atom stereocenters. The van der Waals surface area contributed by atoms with Gasteiger partial charge in [-0.3, -0.25) is 4.79 Å². The van der Waals surface area contributed by atoms with Crippen molar-refractivity contribution in [2.75, 3.05) is 0 Å². The summed E-state index contributed by atoms with van der Waals surface area (Å²) in [7, 11) is 0. The van der Waals surface area contributed by atoms with Gasteiger partial charge in [0.1, 0.15) is 18.3 Å². The van der Waals surface area contributed by atoms with Gasteiger partial charge in [-0.2, -0.15) is 0 Å². The van der Waals surface area contributed by atoms with Gasteiger partial charge in [0.15, 0.2) is 11.9 Å². The molecular formula is C7H12O7. The maximum Gasteiger partial charge on any atom is 0.335 e. The SMILES string of the molecule is CC(=O)[C@H](O)[C@@H](O)[C@H](O)[C@H](O)C(=O)O. The number of carboxylic acids is 1. The first-order valence-electron chi connectivity index (χ1n) is 3.74. The highest BCUT2D eigenvalue weighted by molar-refractivity contribution is 5.81. The summed E-state index contributed by atoms with van der Waals surface area (Å²) in [5, 5.41) is 43.9. The zero-order chi connectivity index (χ0) is 11.5. The third kappa shape index (κ3) is 3.04. The Morgan fingerprint density at radius 3 is 1.57 bits per heavy atom. The molecule has 0 saturated carbocycles. The molecule has 7 heteroatoms. The Balaban J connectivity index is 4.45. The maximum absolute atomic E-state index is 10.5. The Labute approximate surface area is 79.2 Å². The highest BCUT2D eigenvalue weighted by atomic mass is 16.4. The number of aliphatic hydroxyl groups excluding tert-OH is 4. The predicted octanol–water partition coefficient (Wildman–Crippen LogP) is -2.90. The Kier molecular flexibility index (Phi) is 4.64. The summed E-state index contributed by atoms with van der Waals surface area (Å²) in [5.74, 6) is -2.60. The number of aliphatic carboxylic acids is 1. The molecule has 0 amide bonds. The number of Topliss-reactive ketones (excluding diaryl/α,β-unsaturated/α-hetero) is 1. The van der Waals surface area contributed by atoms with E-state index >= 15 is 0 Å². The standard InChI is InChI=1S/C7H12O7/c1-2(8)3(9)4(10)5(11)6(12)7(13)14/h3-6,9-12H,1H3,(H,13,14)/t3-,4+,5-,6-/m0/s1. The van der Waals surface area contributed by atoms with E-state index in [4.69, 9.17) is 25.5 Å². The van der Waals surface area contributed by atoms with Crippen molar-refractivity contribution in [2.24, 2.45) is 0 Å². The Morgan fingerprint density at radius 1 is 0.929 bits per heavy atom. The van der Waals surface area contributed by atoms with E-state index in [2.05, 4.69) is 0 Å². The molecule has 0 fully saturated rings. The highest BCUT2D eigenvalue weighted by Gasteiger charge is 2.35. The minimum absolute atomic E-state index is 0.839. The predicted molar refractivity (Wildman–Crippen MR) is 42.3 cm³/mol. The van der Waals surface area contributed by atoms with E-state index in [1.807, 2.05) is 0 Å². The number of hydrogen-bond acceptors (Lipinski definition) is 6. The molecule has 14 heavy (non-hydrogen) atoms. The van der Waals surface area contributed by atoms with Crippen LogP contribution < -0.4 is 0 Å². The van der Waals surface area contributed by atoms with E-state index in [1.165, 1.54) is 0 Å². The first-order chi connectivity index (χ1) is 6.29. The van der Waals surface area contributed by atoms with Crippen LogP contribution >= 0.6 is 0 Å². The van der Waals surface area contributed by atoms with Crippen LogP contribution in [0.3, 0.4) is 0 Å². The summed E-state index contributed by atoms with van der Waals surface area (Å²) < 4.78 is 0. The number of carbonyl (C=O) groups is 2. The van der Waals surface area contributed by atoms with Gasteiger partial charge in [0, 0.05) is 0 Å². The average Bonchev–Trinajstić information content (AvgIpc) is 2.12. The van der Waals surface area contributed by atoms with Crippen molar-refractivity contribution in [3.8, 4) is 0 Å². The first-order valence-corrected chi connectivity index (χ1v) is 3.74. The van der Waals surface area contributed by atoms with Crippen molar-refractivity contribution in [3.63, 3.8) is 0 Å². The van der Waals surface area contributed by atoms with Crippen molar-refractivity contribution in [2.45, 2.75) is 31.3 Å². The van der Waals surface area contributed by atoms with Crippen LogP contribution in [0.4, 0.5) is 0 Å². The van der Waals surface area contributed by atoms with E-state index in [0.29, 0.717) is 0 Å². The molecule has 0 unspecified atom stereocenters. The van der Waals surface area contributed by atoms with Crippen molar-refractivity contribution in [1.82, 2.24) is 0 Å². The lowest BCUT2D eigenvalue weighted by Crippen LogP contribution is -2.49. The van der Waals surface area contributed by atoms with Gasteiger partial charge in [-0.1, -0.05) is 0 Å². The largest absolute Gasteiger partial charge is 0.479 e. The van der Waals surface area contributed by atoms with Crippen LogP contribution in [0.1, 0.15) is 6.92 Å². The molecule has 0 aromatic rings. The van der Waals surface area contributed by atoms with Gasteiger partial charge in [0.2, 0.25) is 0 Å². The lowest BCUT2D eigenvalue weighted by Gasteiger charge is -2.22. The quantitative estimate of drug-likeness (QED) is 0.327. The summed E-state index contributed by atoms with van der Waals surface area (Å²) in [6, 6.07) is 0. The monoisotopic (exact) mass is 208 g/mol. The minimum atomic E-state index is -2.25. The van der Waals surface area contributed by atoms with Crippen LogP contribution in [0.2, 0.25) is 0 Å². The zero-order valence-corrected chi connectivity index (χ0v) is 7.36. The van der Waals surface area contributed by atoms with Crippen LogP contribution in [-0.4, -0.2) is 61.7 Å².